The fraction of sp³-hybridized carbons (Fsp3) is 0.214. The molecule has 0 fully saturated rings. The normalized spacial score (nSPS) is 10.2. The standard InChI is InChI=1S/C14H14N2O4S/c1-7-8(2)21-13(11(7)14(19)20-3)16-12(18)9-4-5-10(17)15-6-9/h4-6H,1-3H3,(H,15,17)(H,16,18). The third kappa shape index (κ3) is 3.03. The van der Waals surface area contributed by atoms with Gasteiger partial charge in [-0.1, -0.05) is 0 Å². The lowest BCUT2D eigenvalue weighted by Gasteiger charge is -2.06. The molecule has 7 heteroatoms. The van der Waals surface area contributed by atoms with Crippen LogP contribution in [0.5, 0.6) is 0 Å². The summed E-state index contributed by atoms with van der Waals surface area (Å²) in [7, 11) is 1.29. The van der Waals surface area contributed by atoms with Crippen LogP contribution in [0.15, 0.2) is 23.1 Å². The van der Waals surface area contributed by atoms with Gasteiger partial charge in [0.15, 0.2) is 0 Å². The van der Waals surface area contributed by atoms with Crippen molar-refractivity contribution >= 4 is 28.2 Å². The van der Waals surface area contributed by atoms with Crippen molar-refractivity contribution < 1.29 is 14.3 Å². The van der Waals surface area contributed by atoms with Crippen LogP contribution in [-0.4, -0.2) is 24.0 Å². The molecule has 0 saturated heterocycles. The van der Waals surface area contributed by atoms with E-state index >= 15 is 0 Å². The summed E-state index contributed by atoms with van der Waals surface area (Å²) in [6, 6.07) is 2.68. The molecule has 2 heterocycles. The number of pyridine rings is 1. The number of methoxy groups -OCH3 is 1. The van der Waals surface area contributed by atoms with Gasteiger partial charge in [0, 0.05) is 17.1 Å². The van der Waals surface area contributed by atoms with Crippen LogP contribution in [0.25, 0.3) is 0 Å². The van der Waals surface area contributed by atoms with Gasteiger partial charge in [-0.3, -0.25) is 9.59 Å². The highest BCUT2D eigenvalue weighted by Gasteiger charge is 2.21. The zero-order valence-electron chi connectivity index (χ0n) is 11.8. The molecular formula is C14H14N2O4S. The van der Waals surface area contributed by atoms with E-state index in [2.05, 4.69) is 10.3 Å². The first-order valence-electron chi connectivity index (χ1n) is 6.12. The lowest BCUT2D eigenvalue weighted by Crippen LogP contribution is -2.16. The number of rotatable bonds is 3. The summed E-state index contributed by atoms with van der Waals surface area (Å²) in [5.41, 5.74) is 1.15. The SMILES string of the molecule is COC(=O)c1c(NC(=O)c2ccc(=O)[nH]c2)sc(C)c1C. The molecule has 2 aromatic heterocycles. The number of anilines is 1. The van der Waals surface area contributed by atoms with E-state index < -0.39 is 11.9 Å². The fourth-order valence-corrected chi connectivity index (χ4v) is 2.83. The van der Waals surface area contributed by atoms with E-state index in [4.69, 9.17) is 4.74 Å². The molecule has 1 amide bonds. The summed E-state index contributed by atoms with van der Waals surface area (Å²) in [5, 5.41) is 3.12. The Morgan fingerprint density at radius 3 is 2.57 bits per heavy atom. The molecule has 0 aliphatic heterocycles. The van der Waals surface area contributed by atoms with Crippen molar-refractivity contribution in [2.75, 3.05) is 12.4 Å². The highest BCUT2D eigenvalue weighted by Crippen LogP contribution is 2.33. The first-order chi connectivity index (χ1) is 9.93. The molecule has 0 atom stereocenters. The van der Waals surface area contributed by atoms with Gasteiger partial charge in [-0.15, -0.1) is 11.3 Å². The largest absolute Gasteiger partial charge is 0.465 e. The van der Waals surface area contributed by atoms with Crippen molar-refractivity contribution in [1.82, 2.24) is 4.98 Å². The number of H-pyrrole nitrogens is 1. The van der Waals surface area contributed by atoms with Crippen molar-refractivity contribution in [3.05, 3.63) is 50.3 Å². The second-order valence-electron chi connectivity index (χ2n) is 4.37. The predicted octanol–water partition coefficient (Wildman–Crippen LogP) is 2.09. The van der Waals surface area contributed by atoms with Gasteiger partial charge in [0.2, 0.25) is 5.56 Å². The monoisotopic (exact) mass is 306 g/mol. The summed E-state index contributed by atoms with van der Waals surface area (Å²) in [6.45, 7) is 3.66. The summed E-state index contributed by atoms with van der Waals surface area (Å²) < 4.78 is 4.74. The van der Waals surface area contributed by atoms with Gasteiger partial charge >= 0.3 is 5.97 Å². The Balaban J connectivity index is 2.33. The number of carbonyl (C=O) groups is 2. The zero-order chi connectivity index (χ0) is 15.6. The molecule has 2 aromatic rings. The molecule has 0 bridgehead atoms. The minimum absolute atomic E-state index is 0.287. The van der Waals surface area contributed by atoms with E-state index in [1.807, 2.05) is 6.92 Å². The maximum Gasteiger partial charge on any atom is 0.341 e. The summed E-state index contributed by atoms with van der Waals surface area (Å²) in [4.78, 5) is 38.3. The maximum atomic E-state index is 12.1. The van der Waals surface area contributed by atoms with Crippen LogP contribution >= 0.6 is 11.3 Å². The zero-order valence-corrected chi connectivity index (χ0v) is 12.6. The molecule has 2 N–H and O–H groups in total. The van der Waals surface area contributed by atoms with Crippen LogP contribution in [0.3, 0.4) is 0 Å². The number of aromatic nitrogens is 1. The Kier molecular flexibility index (Phi) is 4.23. The molecule has 0 saturated carbocycles. The van der Waals surface area contributed by atoms with Crippen molar-refractivity contribution in [2.45, 2.75) is 13.8 Å². The Hall–Kier alpha value is -2.41. The summed E-state index contributed by atoms with van der Waals surface area (Å²) >= 11 is 1.31. The average Bonchev–Trinajstić information content (AvgIpc) is 2.73. The van der Waals surface area contributed by atoms with Crippen LogP contribution in [0.1, 0.15) is 31.2 Å². The Labute approximate surface area is 124 Å². The molecule has 0 aromatic carbocycles. The highest BCUT2D eigenvalue weighted by atomic mass is 32.1. The molecule has 110 valence electrons. The van der Waals surface area contributed by atoms with Gasteiger partial charge < -0.3 is 15.0 Å². The van der Waals surface area contributed by atoms with Gasteiger partial charge in [0.05, 0.1) is 18.2 Å². The predicted molar refractivity (Wildman–Crippen MR) is 80.1 cm³/mol. The number of esters is 1. The van der Waals surface area contributed by atoms with E-state index in [1.54, 1.807) is 6.92 Å². The molecule has 0 aliphatic carbocycles. The van der Waals surface area contributed by atoms with Crippen LogP contribution in [0, 0.1) is 13.8 Å². The Morgan fingerprint density at radius 2 is 2.00 bits per heavy atom. The van der Waals surface area contributed by atoms with E-state index in [0.717, 1.165) is 10.4 Å². The number of hydrogen-bond donors (Lipinski definition) is 2. The van der Waals surface area contributed by atoms with Gasteiger partial charge in [-0.2, -0.15) is 0 Å². The third-order valence-corrected chi connectivity index (χ3v) is 4.17. The molecule has 6 nitrogen and oxygen atoms in total. The smallest absolute Gasteiger partial charge is 0.341 e. The molecule has 0 unspecified atom stereocenters. The average molecular weight is 306 g/mol. The fourth-order valence-electron chi connectivity index (χ4n) is 1.79. The number of carbonyl (C=O) groups excluding carboxylic acids is 2. The van der Waals surface area contributed by atoms with Gasteiger partial charge in [-0.25, -0.2) is 4.79 Å². The third-order valence-electron chi connectivity index (χ3n) is 3.05. The van der Waals surface area contributed by atoms with Gasteiger partial charge in [0.1, 0.15) is 5.00 Å². The van der Waals surface area contributed by atoms with Crippen LogP contribution in [0.2, 0.25) is 0 Å². The van der Waals surface area contributed by atoms with Crippen molar-refractivity contribution in [3.8, 4) is 0 Å². The van der Waals surface area contributed by atoms with Crippen molar-refractivity contribution in [2.24, 2.45) is 0 Å². The quantitative estimate of drug-likeness (QED) is 0.850. The molecule has 0 radical (unpaired) electrons. The first kappa shape index (κ1) is 15.0. The van der Waals surface area contributed by atoms with Crippen molar-refractivity contribution in [1.29, 1.82) is 0 Å². The van der Waals surface area contributed by atoms with E-state index in [1.165, 1.54) is 36.8 Å². The summed E-state index contributed by atoms with van der Waals surface area (Å²) in [6.07, 6.45) is 1.32. The van der Waals surface area contributed by atoms with Crippen LogP contribution < -0.4 is 10.9 Å². The highest BCUT2D eigenvalue weighted by molar-refractivity contribution is 7.16. The number of ether oxygens (including phenoxy) is 1. The van der Waals surface area contributed by atoms with Crippen LogP contribution in [-0.2, 0) is 4.74 Å². The molecule has 2 rings (SSSR count). The Morgan fingerprint density at radius 1 is 1.29 bits per heavy atom. The van der Waals surface area contributed by atoms with Crippen molar-refractivity contribution in [3.63, 3.8) is 0 Å². The van der Waals surface area contributed by atoms with E-state index in [-0.39, 0.29) is 5.56 Å². The van der Waals surface area contributed by atoms with E-state index in [9.17, 15) is 14.4 Å². The Bertz CT molecular complexity index is 740. The molecule has 0 aliphatic rings. The molecule has 21 heavy (non-hydrogen) atoms. The number of aromatic amines is 1. The number of thiophene rings is 1. The van der Waals surface area contributed by atoms with Crippen LogP contribution in [0.4, 0.5) is 5.00 Å². The number of aryl methyl sites for hydroxylation is 1. The molecule has 0 spiro atoms. The van der Waals surface area contributed by atoms with E-state index in [0.29, 0.717) is 16.1 Å². The van der Waals surface area contributed by atoms with Gasteiger partial charge in [0.25, 0.3) is 5.91 Å². The van der Waals surface area contributed by atoms with Gasteiger partial charge in [-0.05, 0) is 25.5 Å². The number of nitrogens with one attached hydrogen (secondary N) is 2. The minimum Gasteiger partial charge on any atom is -0.465 e. The number of hydrogen-bond acceptors (Lipinski definition) is 5. The number of amides is 1. The maximum absolute atomic E-state index is 12.1. The first-order valence-corrected chi connectivity index (χ1v) is 6.94. The topological polar surface area (TPSA) is 88.3 Å². The second-order valence-corrected chi connectivity index (χ2v) is 5.60. The lowest BCUT2D eigenvalue weighted by molar-refractivity contribution is 0.0601. The molecular weight excluding hydrogens is 292 g/mol. The minimum atomic E-state index is -0.492. The lowest BCUT2D eigenvalue weighted by atomic mass is 10.1. The summed E-state index contributed by atoms with van der Waals surface area (Å²) in [5.74, 6) is -0.897. The second kappa shape index (κ2) is 5.92.